The third-order valence-electron chi connectivity index (χ3n) is 2.84. The maximum atomic E-state index is 11.4. The predicted molar refractivity (Wildman–Crippen MR) is 73.7 cm³/mol. The number of hydrogen-bond donors (Lipinski definition) is 0. The molecule has 1 rings (SSSR count). The lowest BCUT2D eigenvalue weighted by molar-refractivity contribution is -0.138. The molecule has 0 saturated carbocycles. The van der Waals surface area contributed by atoms with E-state index in [1.807, 2.05) is 6.08 Å². The number of allylic oxidation sites excluding steroid dienone is 1. The summed E-state index contributed by atoms with van der Waals surface area (Å²) in [5, 5.41) is 0. The topological polar surface area (TPSA) is 44.8 Å². The number of hydrogen-bond acceptors (Lipinski definition) is 4. The molecule has 4 heteroatoms. The van der Waals surface area contributed by atoms with Crippen LogP contribution < -0.4 is 0 Å². The van der Waals surface area contributed by atoms with Gasteiger partial charge in [0.1, 0.15) is 12.9 Å². The molecule has 0 radical (unpaired) electrons. The number of ether oxygens (including phenoxy) is 3. The Labute approximate surface area is 115 Å². The van der Waals surface area contributed by atoms with Crippen molar-refractivity contribution in [2.45, 2.75) is 45.6 Å². The Morgan fingerprint density at radius 1 is 1.42 bits per heavy atom. The average Bonchev–Trinajstić information content (AvgIpc) is 2.40. The molecule has 0 aliphatic carbocycles. The summed E-state index contributed by atoms with van der Waals surface area (Å²) in [6.07, 6.45) is 10.1. The van der Waals surface area contributed by atoms with Gasteiger partial charge in [-0.1, -0.05) is 31.9 Å². The van der Waals surface area contributed by atoms with E-state index in [4.69, 9.17) is 14.2 Å². The van der Waals surface area contributed by atoms with Gasteiger partial charge in [-0.3, -0.25) is 0 Å². The third kappa shape index (κ3) is 6.55. The van der Waals surface area contributed by atoms with Crippen LogP contribution in [0, 0.1) is 0 Å². The van der Waals surface area contributed by atoms with Crippen LogP contribution in [0.15, 0.2) is 23.8 Å². The molecule has 0 N–H and O–H groups in total. The highest BCUT2D eigenvalue weighted by Crippen LogP contribution is 2.16. The Balaban J connectivity index is 2.50. The zero-order chi connectivity index (χ0) is 13.9. The lowest BCUT2D eigenvalue weighted by atomic mass is 10.1. The molecule has 1 heterocycles. The van der Waals surface area contributed by atoms with E-state index in [2.05, 4.69) is 13.0 Å². The highest BCUT2D eigenvalue weighted by atomic mass is 16.7. The standard InChI is InChI=1S/C15H24O4/c1-3-5-6-7-8-9-14-13(11-17-12-19-14)10-15(16)18-4-2/h8-10,14H,3-7,11-12H2,1-2H3/b9-8-,13-10+/t14-/m0/s1. The SMILES string of the molecule is CCCCC/C=C\[C@@H]1OCOC/C1=C\C(=O)OCC. The molecule has 1 saturated heterocycles. The van der Waals surface area contributed by atoms with Crippen molar-refractivity contribution in [1.29, 1.82) is 0 Å². The molecule has 0 aromatic heterocycles. The lowest BCUT2D eigenvalue weighted by Crippen LogP contribution is -2.26. The Bertz CT molecular complexity index is 320. The van der Waals surface area contributed by atoms with Crippen LogP contribution >= 0.6 is 0 Å². The van der Waals surface area contributed by atoms with Crippen molar-refractivity contribution in [3.63, 3.8) is 0 Å². The Morgan fingerprint density at radius 3 is 3.00 bits per heavy atom. The summed E-state index contributed by atoms with van der Waals surface area (Å²) >= 11 is 0. The minimum atomic E-state index is -0.337. The van der Waals surface area contributed by atoms with Crippen molar-refractivity contribution < 1.29 is 19.0 Å². The second kappa shape index (κ2) is 9.75. The molecule has 0 aromatic rings. The van der Waals surface area contributed by atoms with Crippen LogP contribution in [0.5, 0.6) is 0 Å². The predicted octanol–water partition coefficient (Wildman–Crippen LogP) is 2.99. The molecular formula is C15H24O4. The summed E-state index contributed by atoms with van der Waals surface area (Å²) in [4.78, 5) is 11.4. The summed E-state index contributed by atoms with van der Waals surface area (Å²) in [7, 11) is 0. The third-order valence-corrected chi connectivity index (χ3v) is 2.84. The Hall–Kier alpha value is -1.13. The molecule has 0 spiro atoms. The van der Waals surface area contributed by atoms with Crippen molar-refractivity contribution in [3.8, 4) is 0 Å². The van der Waals surface area contributed by atoms with E-state index in [-0.39, 0.29) is 18.9 Å². The maximum Gasteiger partial charge on any atom is 0.330 e. The lowest BCUT2D eigenvalue weighted by Gasteiger charge is -2.23. The van der Waals surface area contributed by atoms with Crippen LogP contribution in [0.1, 0.15) is 39.5 Å². The van der Waals surface area contributed by atoms with Crippen LogP contribution in [0.4, 0.5) is 0 Å². The number of carbonyl (C=O) groups excluding carboxylic acids is 1. The summed E-state index contributed by atoms with van der Waals surface area (Å²) in [6, 6.07) is 0. The van der Waals surface area contributed by atoms with Crippen molar-refractivity contribution in [2.24, 2.45) is 0 Å². The monoisotopic (exact) mass is 268 g/mol. The summed E-state index contributed by atoms with van der Waals surface area (Å²) in [5.41, 5.74) is 0.816. The fourth-order valence-electron chi connectivity index (χ4n) is 1.84. The first-order chi connectivity index (χ1) is 9.27. The fourth-order valence-corrected chi connectivity index (χ4v) is 1.84. The van der Waals surface area contributed by atoms with Crippen LogP contribution in [0.3, 0.4) is 0 Å². The van der Waals surface area contributed by atoms with E-state index >= 15 is 0 Å². The van der Waals surface area contributed by atoms with Gasteiger partial charge in [0.2, 0.25) is 0 Å². The number of rotatable bonds is 7. The van der Waals surface area contributed by atoms with Crippen molar-refractivity contribution in [2.75, 3.05) is 20.0 Å². The molecule has 0 aromatic carbocycles. The molecule has 1 aliphatic rings. The van der Waals surface area contributed by atoms with Crippen molar-refractivity contribution in [1.82, 2.24) is 0 Å². The van der Waals surface area contributed by atoms with E-state index in [0.717, 1.165) is 12.0 Å². The van der Waals surface area contributed by atoms with Gasteiger partial charge < -0.3 is 14.2 Å². The van der Waals surface area contributed by atoms with E-state index in [1.54, 1.807) is 6.92 Å². The first-order valence-electron chi connectivity index (χ1n) is 7.01. The smallest absolute Gasteiger partial charge is 0.330 e. The number of unbranched alkanes of at least 4 members (excludes halogenated alkanes) is 3. The second-order valence-electron chi connectivity index (χ2n) is 4.45. The molecule has 0 unspecified atom stereocenters. The Kier molecular flexibility index (Phi) is 8.18. The Morgan fingerprint density at radius 2 is 2.26 bits per heavy atom. The maximum absolute atomic E-state index is 11.4. The molecule has 0 amide bonds. The van der Waals surface area contributed by atoms with E-state index in [9.17, 15) is 4.79 Å². The molecule has 0 bridgehead atoms. The summed E-state index contributed by atoms with van der Waals surface area (Å²) in [6.45, 7) is 5.04. The molecule has 19 heavy (non-hydrogen) atoms. The zero-order valence-corrected chi connectivity index (χ0v) is 11.9. The van der Waals surface area contributed by atoms with Crippen LogP contribution in [0.2, 0.25) is 0 Å². The van der Waals surface area contributed by atoms with Crippen molar-refractivity contribution in [3.05, 3.63) is 23.8 Å². The minimum Gasteiger partial charge on any atom is -0.463 e. The molecule has 1 fully saturated rings. The zero-order valence-electron chi connectivity index (χ0n) is 11.9. The summed E-state index contributed by atoms with van der Waals surface area (Å²) in [5.74, 6) is -0.337. The second-order valence-corrected chi connectivity index (χ2v) is 4.45. The number of carbonyl (C=O) groups is 1. The molecular weight excluding hydrogens is 244 g/mol. The normalized spacial score (nSPS) is 22.0. The van der Waals surface area contributed by atoms with E-state index in [1.165, 1.54) is 25.3 Å². The molecule has 4 nitrogen and oxygen atoms in total. The van der Waals surface area contributed by atoms with Gasteiger partial charge in [0, 0.05) is 6.08 Å². The van der Waals surface area contributed by atoms with Gasteiger partial charge in [-0.25, -0.2) is 4.79 Å². The van der Waals surface area contributed by atoms with Gasteiger partial charge in [0.25, 0.3) is 0 Å². The largest absolute Gasteiger partial charge is 0.463 e. The van der Waals surface area contributed by atoms with Crippen molar-refractivity contribution >= 4 is 5.97 Å². The highest BCUT2D eigenvalue weighted by Gasteiger charge is 2.18. The van der Waals surface area contributed by atoms with Crippen LogP contribution in [-0.4, -0.2) is 32.1 Å². The first-order valence-corrected chi connectivity index (χ1v) is 7.01. The highest BCUT2D eigenvalue weighted by molar-refractivity contribution is 5.83. The molecule has 1 atom stereocenters. The summed E-state index contributed by atoms with van der Waals surface area (Å²) < 4.78 is 15.6. The first kappa shape index (κ1) is 15.9. The quantitative estimate of drug-likeness (QED) is 0.308. The van der Waals surface area contributed by atoms with Gasteiger partial charge >= 0.3 is 5.97 Å². The molecule has 108 valence electrons. The number of esters is 1. The fraction of sp³-hybridized carbons (Fsp3) is 0.667. The van der Waals surface area contributed by atoms with Gasteiger partial charge in [-0.15, -0.1) is 0 Å². The van der Waals surface area contributed by atoms with Gasteiger partial charge in [0.15, 0.2) is 0 Å². The molecule has 1 aliphatic heterocycles. The van der Waals surface area contributed by atoms with E-state index in [0.29, 0.717) is 13.2 Å². The van der Waals surface area contributed by atoms with Gasteiger partial charge in [-0.2, -0.15) is 0 Å². The van der Waals surface area contributed by atoms with Crippen LogP contribution in [-0.2, 0) is 19.0 Å². The van der Waals surface area contributed by atoms with Gasteiger partial charge in [-0.05, 0) is 25.3 Å². The van der Waals surface area contributed by atoms with E-state index < -0.39 is 0 Å². The van der Waals surface area contributed by atoms with Crippen LogP contribution in [0.25, 0.3) is 0 Å². The van der Waals surface area contributed by atoms with Gasteiger partial charge in [0.05, 0.1) is 13.2 Å². The minimum absolute atomic E-state index is 0.167. The average molecular weight is 268 g/mol.